The summed E-state index contributed by atoms with van der Waals surface area (Å²) in [5.41, 5.74) is -2.30. The Morgan fingerprint density at radius 2 is 1.77 bits per heavy atom. The van der Waals surface area contributed by atoms with E-state index in [9.17, 15) is 25.2 Å². The first kappa shape index (κ1) is 32.4. The highest BCUT2D eigenvalue weighted by Crippen LogP contribution is 2.71. The predicted molar refractivity (Wildman–Crippen MR) is 171 cm³/mol. The number of ketones is 1. The number of allylic oxidation sites excluding steroid dienone is 1. The summed E-state index contributed by atoms with van der Waals surface area (Å²) in [5.74, 6) is -0.206. The molecule has 44 heavy (non-hydrogen) atoms. The molecule has 1 aliphatic heterocycles. The van der Waals surface area contributed by atoms with Crippen molar-refractivity contribution in [3.05, 3.63) is 47.5 Å². The van der Waals surface area contributed by atoms with E-state index in [2.05, 4.69) is 45.0 Å². The van der Waals surface area contributed by atoms with Crippen molar-refractivity contribution < 1.29 is 30.0 Å². The minimum atomic E-state index is -1.21. The van der Waals surface area contributed by atoms with E-state index in [0.717, 1.165) is 37.7 Å². The van der Waals surface area contributed by atoms with Gasteiger partial charge in [-0.25, -0.2) is 0 Å². The normalized spacial score (nSPS) is 44.2. The number of ether oxygens (including phenoxy) is 1. The number of aliphatic hydroxyl groups is 4. The van der Waals surface area contributed by atoms with Gasteiger partial charge in [0.05, 0.1) is 22.9 Å². The predicted octanol–water partition coefficient (Wildman–Crippen LogP) is 5.78. The molecule has 6 nitrogen and oxygen atoms in total. The first-order chi connectivity index (χ1) is 20.6. The summed E-state index contributed by atoms with van der Waals surface area (Å²) >= 11 is 0. The molecule has 5 aliphatic rings. The summed E-state index contributed by atoms with van der Waals surface area (Å²) in [6.07, 6.45) is 7.36. The first-order valence-corrected chi connectivity index (χ1v) is 17.4. The monoisotopic (exact) mass is 608 g/mol. The highest BCUT2D eigenvalue weighted by molar-refractivity contribution is 5.95. The maximum absolute atomic E-state index is 13.9. The van der Waals surface area contributed by atoms with E-state index >= 15 is 0 Å². The van der Waals surface area contributed by atoms with Crippen LogP contribution in [0.25, 0.3) is 0 Å². The molecule has 0 amide bonds. The second-order valence-corrected chi connectivity index (χ2v) is 16.4. The molecule has 1 aromatic carbocycles. The minimum absolute atomic E-state index is 0.0293. The number of epoxide rings is 1. The highest BCUT2D eigenvalue weighted by Gasteiger charge is 2.74. The van der Waals surface area contributed by atoms with Crippen LogP contribution in [0.1, 0.15) is 105 Å². The number of carbonyl (C=O) groups is 1. The van der Waals surface area contributed by atoms with Gasteiger partial charge in [-0.05, 0) is 111 Å². The number of rotatable bonds is 9. The van der Waals surface area contributed by atoms with Gasteiger partial charge in [0.25, 0.3) is 0 Å². The largest absolute Gasteiger partial charge is 0.393 e. The van der Waals surface area contributed by atoms with Crippen molar-refractivity contribution in [3.63, 3.8) is 0 Å². The van der Waals surface area contributed by atoms with Gasteiger partial charge in [0.15, 0.2) is 5.78 Å². The average molecular weight is 609 g/mol. The van der Waals surface area contributed by atoms with Crippen LogP contribution in [0.2, 0.25) is 0 Å². The zero-order valence-corrected chi connectivity index (χ0v) is 27.8. The molecule has 0 aromatic heterocycles. The van der Waals surface area contributed by atoms with E-state index in [-0.39, 0.29) is 40.8 Å². The van der Waals surface area contributed by atoms with Crippen molar-refractivity contribution >= 4 is 5.78 Å². The summed E-state index contributed by atoms with van der Waals surface area (Å²) in [7, 11) is 0. The molecule has 6 rings (SSSR count). The van der Waals surface area contributed by atoms with Crippen molar-refractivity contribution in [1.29, 1.82) is 0 Å². The molecule has 12 atom stereocenters. The fourth-order valence-electron chi connectivity index (χ4n) is 10.9. The molecule has 3 saturated carbocycles. The third kappa shape index (κ3) is 4.72. The molecule has 244 valence electrons. The molecule has 1 saturated heterocycles. The van der Waals surface area contributed by atoms with Gasteiger partial charge in [0.1, 0.15) is 12.2 Å². The Hall–Kier alpha value is -1.57. The highest BCUT2D eigenvalue weighted by atomic mass is 16.6. The molecule has 0 spiro atoms. The Kier molecular flexibility index (Phi) is 8.10. The lowest BCUT2D eigenvalue weighted by molar-refractivity contribution is -0.170. The fraction of sp³-hybridized carbons (Fsp3) is 0.763. The van der Waals surface area contributed by atoms with Gasteiger partial charge in [-0.2, -0.15) is 0 Å². The second-order valence-electron chi connectivity index (χ2n) is 16.4. The third-order valence-electron chi connectivity index (χ3n) is 13.8. The fourth-order valence-corrected chi connectivity index (χ4v) is 10.9. The molecule has 4 N–H and O–H groups in total. The molecule has 0 unspecified atom stereocenters. The molecular formula is C38H56O6. The van der Waals surface area contributed by atoms with Crippen molar-refractivity contribution in [2.75, 3.05) is 0 Å². The number of hydrogen-bond donors (Lipinski definition) is 4. The van der Waals surface area contributed by atoms with Crippen molar-refractivity contribution in [2.45, 2.75) is 141 Å². The van der Waals surface area contributed by atoms with Crippen LogP contribution in [0.3, 0.4) is 0 Å². The summed E-state index contributed by atoms with van der Waals surface area (Å²) in [6.45, 7) is 12.3. The Morgan fingerprint density at radius 1 is 1.07 bits per heavy atom. The van der Waals surface area contributed by atoms with Crippen molar-refractivity contribution in [1.82, 2.24) is 0 Å². The quantitative estimate of drug-likeness (QED) is 0.265. The summed E-state index contributed by atoms with van der Waals surface area (Å²) < 4.78 is 6.21. The number of aliphatic hydroxyl groups excluding tert-OH is 1. The molecule has 1 heterocycles. The zero-order valence-electron chi connectivity index (χ0n) is 27.8. The number of hydrogen-bond acceptors (Lipinski definition) is 6. The van der Waals surface area contributed by atoms with Gasteiger partial charge in [-0.15, -0.1) is 0 Å². The molecule has 4 aliphatic carbocycles. The van der Waals surface area contributed by atoms with Crippen LogP contribution >= 0.6 is 0 Å². The van der Waals surface area contributed by atoms with Gasteiger partial charge in [-0.3, -0.25) is 4.79 Å². The zero-order chi connectivity index (χ0) is 31.9. The Bertz CT molecular complexity index is 1270. The number of carbonyl (C=O) groups excluding carboxylic acids is 1. The van der Waals surface area contributed by atoms with Gasteiger partial charge >= 0.3 is 0 Å². The van der Waals surface area contributed by atoms with E-state index in [1.54, 1.807) is 6.08 Å². The smallest absolute Gasteiger partial charge is 0.159 e. The van der Waals surface area contributed by atoms with E-state index < -0.39 is 40.5 Å². The van der Waals surface area contributed by atoms with E-state index in [1.807, 2.05) is 26.8 Å². The van der Waals surface area contributed by atoms with Crippen LogP contribution in [0.4, 0.5) is 0 Å². The van der Waals surface area contributed by atoms with Crippen molar-refractivity contribution in [2.24, 2.45) is 40.4 Å². The van der Waals surface area contributed by atoms with Crippen LogP contribution in [0, 0.1) is 40.4 Å². The van der Waals surface area contributed by atoms with Gasteiger partial charge < -0.3 is 25.2 Å². The third-order valence-corrected chi connectivity index (χ3v) is 13.8. The van der Waals surface area contributed by atoms with Crippen LogP contribution in [0.15, 0.2) is 42.0 Å². The van der Waals surface area contributed by atoms with Crippen molar-refractivity contribution in [3.8, 4) is 0 Å². The van der Waals surface area contributed by atoms with Crippen LogP contribution < -0.4 is 0 Å². The van der Waals surface area contributed by atoms with Gasteiger partial charge in [0.2, 0.25) is 0 Å². The summed E-state index contributed by atoms with van der Waals surface area (Å²) in [4.78, 5) is 13.9. The minimum Gasteiger partial charge on any atom is -0.393 e. The Balaban J connectivity index is 1.42. The van der Waals surface area contributed by atoms with E-state index in [1.165, 1.54) is 5.56 Å². The molecule has 0 radical (unpaired) electrons. The number of benzene rings is 1. The molecule has 1 aromatic rings. The van der Waals surface area contributed by atoms with Crippen LogP contribution in [-0.2, 0) is 16.0 Å². The second kappa shape index (κ2) is 11.0. The lowest BCUT2D eigenvalue weighted by Crippen LogP contribution is -2.64. The standard InChI is InChI=1S/C38H56O6/c1-7-17-37(42,33-32(44-33)36(6,41)23(2)3)30-16-19-38(43)28-21-29(40)27-20-26(39)15-18-34(27,4)31(28)25(22-35(30,38)5)14-13-24-11-9-8-10-12-24/h8-12,21,23,25-27,30-33,39,41-43H,7,13-20,22H2,1-6H3/t25-,26+,27+,30+,31+,32+,33+,34+,35-,36-,37-,38-/m1/s1. The lowest BCUT2D eigenvalue weighted by atomic mass is 9.42. The topological polar surface area (TPSA) is 111 Å². The van der Waals surface area contributed by atoms with E-state index in [0.29, 0.717) is 32.1 Å². The molecule has 6 heteroatoms. The summed E-state index contributed by atoms with van der Waals surface area (Å²) in [5, 5.41) is 47.7. The van der Waals surface area contributed by atoms with Crippen LogP contribution in [0.5, 0.6) is 0 Å². The lowest BCUT2D eigenvalue weighted by Gasteiger charge is -2.63. The number of fused-ring (bicyclic) bond motifs is 5. The number of aryl methyl sites for hydroxylation is 1. The Labute approximate surface area is 264 Å². The molecule has 0 bridgehead atoms. The average Bonchev–Trinajstić information content (AvgIpc) is 3.74. The summed E-state index contributed by atoms with van der Waals surface area (Å²) in [6, 6.07) is 10.5. The maximum atomic E-state index is 13.9. The van der Waals surface area contributed by atoms with Gasteiger partial charge in [0, 0.05) is 11.3 Å². The van der Waals surface area contributed by atoms with Crippen LogP contribution in [-0.4, -0.2) is 61.3 Å². The first-order valence-electron chi connectivity index (χ1n) is 17.4. The molecule has 4 fully saturated rings. The van der Waals surface area contributed by atoms with E-state index in [4.69, 9.17) is 4.74 Å². The Morgan fingerprint density at radius 3 is 2.43 bits per heavy atom. The SMILES string of the molecule is CCC[C@@](O)([C@H]1CC[C@@]2(O)C3=CC(=O)[C@@H]4C[C@@H](O)CC[C@]4(C)[C@H]3[C@H](CCc3ccccc3)C[C@]12C)[C@H]1O[C@@H]1[C@](C)(O)C(C)C. The maximum Gasteiger partial charge on any atom is 0.159 e. The van der Waals surface area contributed by atoms with Gasteiger partial charge in [-0.1, -0.05) is 71.4 Å². The molecular weight excluding hydrogens is 552 g/mol.